The van der Waals surface area contributed by atoms with Crippen LogP contribution in [0.5, 0.6) is 0 Å². The summed E-state index contributed by atoms with van der Waals surface area (Å²) in [5, 5.41) is 0.224. The monoisotopic (exact) mass is 348 g/mol. The summed E-state index contributed by atoms with van der Waals surface area (Å²) in [7, 11) is -3.64. The molecule has 0 amide bonds. The van der Waals surface area contributed by atoms with Crippen LogP contribution in [-0.2, 0) is 14.8 Å². The number of nitrogens with two attached hydrogens (primary N) is 1. The molecule has 1 heterocycles. The van der Waals surface area contributed by atoms with E-state index in [1.807, 2.05) is 6.92 Å². The van der Waals surface area contributed by atoms with E-state index in [9.17, 15) is 8.42 Å². The van der Waals surface area contributed by atoms with Gasteiger partial charge in [-0.15, -0.1) is 0 Å². The summed E-state index contributed by atoms with van der Waals surface area (Å²) in [6.45, 7) is 3.08. The molecular weight excluding hydrogens is 332 g/mol. The first kappa shape index (κ1) is 16.6. The topological polar surface area (TPSA) is 81.4 Å². The fourth-order valence-corrected chi connectivity index (χ4v) is 4.14. The van der Waals surface area contributed by atoms with Crippen LogP contribution in [0.15, 0.2) is 23.1 Å². The number of ether oxygens (including phenoxy) is 1. The van der Waals surface area contributed by atoms with E-state index in [-0.39, 0.29) is 26.9 Å². The molecule has 1 aromatic rings. The van der Waals surface area contributed by atoms with Gasteiger partial charge in [-0.3, -0.25) is 0 Å². The first-order valence-corrected chi connectivity index (χ1v) is 8.77. The summed E-state index contributed by atoms with van der Waals surface area (Å²) in [5.41, 5.74) is 5.97. The highest BCUT2D eigenvalue weighted by atomic mass is 35.5. The highest BCUT2D eigenvalue weighted by Gasteiger charge is 2.27. The molecule has 0 aliphatic carbocycles. The zero-order chi connectivity index (χ0) is 15.6. The van der Waals surface area contributed by atoms with Crippen LogP contribution >= 0.6 is 23.8 Å². The van der Waals surface area contributed by atoms with Crippen LogP contribution in [0, 0.1) is 5.92 Å². The Balaban J connectivity index is 2.19. The molecule has 1 aromatic carbocycles. The molecule has 3 N–H and O–H groups in total. The fourth-order valence-electron chi connectivity index (χ4n) is 2.22. The lowest BCUT2D eigenvalue weighted by Gasteiger charge is -2.19. The maximum atomic E-state index is 12.4. The summed E-state index contributed by atoms with van der Waals surface area (Å²) >= 11 is 10.9. The van der Waals surface area contributed by atoms with Crippen molar-refractivity contribution in [3.05, 3.63) is 28.8 Å². The molecule has 2 unspecified atom stereocenters. The van der Waals surface area contributed by atoms with E-state index >= 15 is 0 Å². The lowest BCUT2D eigenvalue weighted by atomic mass is 10.0. The molecule has 1 fully saturated rings. The van der Waals surface area contributed by atoms with Crippen molar-refractivity contribution in [3.8, 4) is 0 Å². The second kappa shape index (κ2) is 6.58. The van der Waals surface area contributed by atoms with Crippen LogP contribution in [0.2, 0.25) is 5.02 Å². The van der Waals surface area contributed by atoms with E-state index in [0.717, 1.165) is 6.42 Å². The Morgan fingerprint density at radius 1 is 1.57 bits per heavy atom. The summed E-state index contributed by atoms with van der Waals surface area (Å²) < 4.78 is 32.7. The molecule has 21 heavy (non-hydrogen) atoms. The number of halogens is 1. The van der Waals surface area contributed by atoms with E-state index in [0.29, 0.717) is 18.8 Å². The SMILES string of the molecule is CC(NS(=O)(=O)c1ccc(C(N)=S)c(Cl)c1)C1CCOC1. The number of hydrogen-bond donors (Lipinski definition) is 2. The van der Waals surface area contributed by atoms with Gasteiger partial charge in [0, 0.05) is 24.1 Å². The summed E-state index contributed by atoms with van der Waals surface area (Å²) in [6.07, 6.45) is 0.852. The molecule has 0 saturated carbocycles. The van der Waals surface area contributed by atoms with Crippen molar-refractivity contribution in [3.63, 3.8) is 0 Å². The van der Waals surface area contributed by atoms with Crippen molar-refractivity contribution in [2.45, 2.75) is 24.3 Å². The van der Waals surface area contributed by atoms with E-state index in [1.54, 1.807) is 0 Å². The fraction of sp³-hybridized carbons (Fsp3) is 0.462. The van der Waals surface area contributed by atoms with Gasteiger partial charge in [0.05, 0.1) is 16.5 Å². The molecule has 1 aliphatic heterocycles. The van der Waals surface area contributed by atoms with E-state index in [2.05, 4.69) is 4.72 Å². The van der Waals surface area contributed by atoms with Gasteiger partial charge in [0.25, 0.3) is 0 Å². The molecule has 8 heteroatoms. The van der Waals surface area contributed by atoms with Crippen molar-refractivity contribution in [2.75, 3.05) is 13.2 Å². The van der Waals surface area contributed by atoms with Crippen LogP contribution in [0.3, 0.4) is 0 Å². The van der Waals surface area contributed by atoms with E-state index in [1.165, 1.54) is 18.2 Å². The molecule has 116 valence electrons. The summed E-state index contributed by atoms with van der Waals surface area (Å²) in [5.74, 6) is 0.186. The van der Waals surface area contributed by atoms with Crippen molar-refractivity contribution in [2.24, 2.45) is 11.7 Å². The minimum atomic E-state index is -3.64. The average Bonchev–Trinajstić information content (AvgIpc) is 2.91. The summed E-state index contributed by atoms with van der Waals surface area (Å²) in [6, 6.07) is 4.12. The Morgan fingerprint density at radius 3 is 2.81 bits per heavy atom. The second-order valence-electron chi connectivity index (χ2n) is 5.04. The molecule has 2 rings (SSSR count). The summed E-state index contributed by atoms with van der Waals surface area (Å²) in [4.78, 5) is 0.228. The largest absolute Gasteiger partial charge is 0.389 e. The smallest absolute Gasteiger partial charge is 0.240 e. The van der Waals surface area contributed by atoms with Crippen molar-refractivity contribution < 1.29 is 13.2 Å². The van der Waals surface area contributed by atoms with Gasteiger partial charge in [-0.2, -0.15) is 0 Å². The Morgan fingerprint density at radius 2 is 2.29 bits per heavy atom. The molecule has 5 nitrogen and oxygen atoms in total. The Hall–Kier alpha value is -0.730. The number of thiocarbonyl (C=S) groups is 1. The number of benzene rings is 1. The second-order valence-corrected chi connectivity index (χ2v) is 7.60. The molecule has 1 saturated heterocycles. The van der Waals surface area contributed by atoms with Gasteiger partial charge in [-0.05, 0) is 31.5 Å². The molecule has 0 radical (unpaired) electrons. The lowest BCUT2D eigenvalue weighted by molar-refractivity contribution is 0.180. The number of rotatable bonds is 5. The van der Waals surface area contributed by atoms with Gasteiger partial charge < -0.3 is 10.5 Å². The van der Waals surface area contributed by atoms with Crippen LogP contribution in [0.1, 0.15) is 18.9 Å². The Kier molecular flexibility index (Phi) is 5.21. The lowest BCUT2D eigenvalue weighted by Crippen LogP contribution is -2.38. The van der Waals surface area contributed by atoms with Gasteiger partial charge in [-0.1, -0.05) is 23.8 Å². The van der Waals surface area contributed by atoms with Crippen molar-refractivity contribution in [1.82, 2.24) is 4.72 Å². The van der Waals surface area contributed by atoms with Crippen LogP contribution < -0.4 is 10.5 Å². The molecule has 1 aliphatic rings. The first-order valence-electron chi connectivity index (χ1n) is 6.50. The third-order valence-electron chi connectivity index (χ3n) is 3.53. The van der Waals surface area contributed by atoms with Gasteiger partial charge in [0.15, 0.2) is 0 Å². The van der Waals surface area contributed by atoms with Crippen molar-refractivity contribution in [1.29, 1.82) is 0 Å². The third-order valence-corrected chi connectivity index (χ3v) is 5.62. The van der Waals surface area contributed by atoms with E-state index < -0.39 is 10.0 Å². The van der Waals surface area contributed by atoms with Gasteiger partial charge >= 0.3 is 0 Å². The zero-order valence-corrected chi connectivity index (χ0v) is 13.9. The molecular formula is C13H17ClN2O3S2. The van der Waals surface area contributed by atoms with Gasteiger partial charge in [-0.25, -0.2) is 13.1 Å². The number of hydrogen-bond acceptors (Lipinski definition) is 4. The van der Waals surface area contributed by atoms with Gasteiger partial charge in [0.2, 0.25) is 10.0 Å². The van der Waals surface area contributed by atoms with E-state index in [4.69, 9.17) is 34.3 Å². The highest BCUT2D eigenvalue weighted by molar-refractivity contribution is 7.89. The maximum Gasteiger partial charge on any atom is 0.240 e. The van der Waals surface area contributed by atoms with Crippen molar-refractivity contribution >= 4 is 38.8 Å². The first-order chi connectivity index (χ1) is 9.81. The highest BCUT2D eigenvalue weighted by Crippen LogP contribution is 2.23. The Bertz CT molecular complexity index is 643. The molecule has 0 aromatic heterocycles. The minimum absolute atomic E-state index is 0.0956. The number of nitrogens with one attached hydrogen (secondary N) is 1. The minimum Gasteiger partial charge on any atom is -0.389 e. The maximum absolute atomic E-state index is 12.4. The normalized spacial score (nSPS) is 20.4. The quantitative estimate of drug-likeness (QED) is 0.791. The van der Waals surface area contributed by atoms with Gasteiger partial charge in [0.1, 0.15) is 4.99 Å². The third kappa shape index (κ3) is 3.92. The predicted octanol–water partition coefficient (Wildman–Crippen LogP) is 1.68. The average molecular weight is 349 g/mol. The number of sulfonamides is 1. The zero-order valence-electron chi connectivity index (χ0n) is 11.5. The molecule has 0 bridgehead atoms. The van der Waals surface area contributed by atoms with Crippen LogP contribution in [0.4, 0.5) is 0 Å². The standard InChI is InChI=1S/C13H17ClN2O3S2/c1-8(9-4-5-19-7-9)16-21(17,18)10-2-3-11(13(15)20)12(14)6-10/h2-3,6,8-9,16H,4-5,7H2,1H3,(H2,15,20). The molecule has 0 spiro atoms. The van der Waals surface area contributed by atoms with Crippen LogP contribution in [0.25, 0.3) is 0 Å². The predicted molar refractivity (Wildman–Crippen MR) is 86.0 cm³/mol. The molecule has 2 atom stereocenters. The van der Waals surface area contributed by atoms with Crippen LogP contribution in [-0.4, -0.2) is 32.7 Å². The Labute approximate surface area is 134 Å².